The average molecular weight is 313 g/mol. The molecule has 0 spiro atoms. The van der Waals surface area contributed by atoms with Crippen LogP contribution in [0.1, 0.15) is 65.2 Å². The van der Waals surface area contributed by atoms with Crippen molar-refractivity contribution in [2.45, 2.75) is 65.2 Å². The number of nitrogens with one attached hydrogen (secondary N) is 1. The van der Waals surface area contributed by atoms with E-state index in [4.69, 9.17) is 5.21 Å². The van der Waals surface area contributed by atoms with Gasteiger partial charge in [-0.15, -0.1) is 0 Å². The van der Waals surface area contributed by atoms with Gasteiger partial charge in [0, 0.05) is 12.2 Å². The molecule has 0 radical (unpaired) electrons. The Morgan fingerprint density at radius 3 is 1.86 bits per heavy atom. The standard InChI is InChI=1S/C9H16O2.C8H15NO2/c1-3-4-5-6-7-8-9(10)11-2;1-2-3-4-5-6-7-8(10)9-11/h7-8H,3-6H2,1-2H3;6-7,11H,2-5H2,1H3,(H,9,10)/b8-7+;7-6+. The molecule has 0 bridgehead atoms. The van der Waals surface area contributed by atoms with Crippen molar-refractivity contribution >= 4 is 11.9 Å². The number of hydrogen-bond acceptors (Lipinski definition) is 4. The number of hydroxylamine groups is 1. The Labute approximate surface area is 134 Å². The highest BCUT2D eigenvalue weighted by atomic mass is 16.5. The van der Waals surface area contributed by atoms with E-state index in [1.54, 1.807) is 6.08 Å². The normalized spacial score (nSPS) is 10.4. The molecule has 22 heavy (non-hydrogen) atoms. The van der Waals surface area contributed by atoms with Crippen LogP contribution in [0, 0.1) is 0 Å². The van der Waals surface area contributed by atoms with E-state index >= 15 is 0 Å². The van der Waals surface area contributed by atoms with Crippen molar-refractivity contribution in [3.8, 4) is 0 Å². The van der Waals surface area contributed by atoms with Gasteiger partial charge in [-0.1, -0.05) is 51.7 Å². The first-order chi connectivity index (χ1) is 10.6. The Hall–Kier alpha value is -1.62. The second kappa shape index (κ2) is 19.4. The van der Waals surface area contributed by atoms with Crippen molar-refractivity contribution in [3.63, 3.8) is 0 Å². The molecule has 0 saturated carbocycles. The number of amides is 1. The van der Waals surface area contributed by atoms with Crippen molar-refractivity contribution in [2.24, 2.45) is 0 Å². The highest BCUT2D eigenvalue weighted by molar-refractivity contribution is 5.86. The molecule has 0 aromatic rings. The molecule has 0 atom stereocenters. The topological polar surface area (TPSA) is 75.6 Å². The molecule has 0 rings (SSSR count). The van der Waals surface area contributed by atoms with E-state index in [0.717, 1.165) is 25.7 Å². The Kier molecular flexibility index (Phi) is 20.0. The summed E-state index contributed by atoms with van der Waals surface area (Å²) in [6.45, 7) is 4.29. The molecular weight excluding hydrogens is 282 g/mol. The molecule has 0 saturated heterocycles. The molecule has 0 aliphatic rings. The molecule has 0 heterocycles. The second-order valence-corrected chi connectivity index (χ2v) is 4.80. The summed E-state index contributed by atoms with van der Waals surface area (Å²) in [5.41, 5.74) is 1.53. The summed E-state index contributed by atoms with van der Waals surface area (Å²) < 4.78 is 4.43. The molecule has 5 heteroatoms. The number of unbranched alkanes of at least 4 members (excludes halogenated alkanes) is 6. The number of rotatable bonds is 10. The zero-order valence-corrected chi connectivity index (χ0v) is 14.1. The first kappa shape index (κ1) is 22.7. The van der Waals surface area contributed by atoms with Crippen LogP contribution in [-0.4, -0.2) is 24.2 Å². The maximum atomic E-state index is 10.5. The van der Waals surface area contributed by atoms with Gasteiger partial charge in [-0.2, -0.15) is 0 Å². The summed E-state index contributed by atoms with van der Waals surface area (Å²) in [6, 6.07) is 0. The lowest BCUT2D eigenvalue weighted by atomic mass is 10.2. The van der Waals surface area contributed by atoms with Gasteiger partial charge in [0.2, 0.25) is 0 Å². The van der Waals surface area contributed by atoms with Crippen LogP contribution in [-0.2, 0) is 14.3 Å². The van der Waals surface area contributed by atoms with Crippen LogP contribution in [0.25, 0.3) is 0 Å². The number of carbonyl (C=O) groups is 2. The summed E-state index contributed by atoms with van der Waals surface area (Å²) in [6.07, 6.45) is 15.4. The van der Waals surface area contributed by atoms with E-state index in [0.29, 0.717) is 0 Å². The Morgan fingerprint density at radius 1 is 0.955 bits per heavy atom. The summed E-state index contributed by atoms with van der Waals surface area (Å²) in [4.78, 5) is 20.9. The van der Waals surface area contributed by atoms with Gasteiger partial charge in [-0.25, -0.2) is 10.3 Å². The van der Waals surface area contributed by atoms with Crippen molar-refractivity contribution in [1.29, 1.82) is 0 Å². The van der Waals surface area contributed by atoms with E-state index < -0.39 is 5.91 Å². The summed E-state index contributed by atoms with van der Waals surface area (Å²) >= 11 is 0. The van der Waals surface area contributed by atoms with Gasteiger partial charge in [0.25, 0.3) is 5.91 Å². The zero-order valence-electron chi connectivity index (χ0n) is 14.1. The lowest BCUT2D eigenvalue weighted by molar-refractivity contribution is -0.134. The van der Waals surface area contributed by atoms with E-state index in [9.17, 15) is 9.59 Å². The molecule has 0 aliphatic heterocycles. The molecule has 1 amide bonds. The number of methoxy groups -OCH3 is 1. The van der Waals surface area contributed by atoms with Gasteiger partial charge in [-0.05, 0) is 25.7 Å². The minimum Gasteiger partial charge on any atom is -0.466 e. The van der Waals surface area contributed by atoms with Crippen LogP contribution < -0.4 is 5.48 Å². The molecule has 0 aliphatic carbocycles. The van der Waals surface area contributed by atoms with Gasteiger partial charge < -0.3 is 4.74 Å². The van der Waals surface area contributed by atoms with Crippen LogP contribution in [0.2, 0.25) is 0 Å². The molecular formula is C17H31NO4. The molecule has 5 nitrogen and oxygen atoms in total. The maximum absolute atomic E-state index is 10.5. The first-order valence-electron chi connectivity index (χ1n) is 7.97. The molecule has 0 aromatic heterocycles. The van der Waals surface area contributed by atoms with Crippen molar-refractivity contribution < 1.29 is 19.5 Å². The summed E-state index contributed by atoms with van der Waals surface area (Å²) in [5, 5.41) is 8.09. The minimum absolute atomic E-state index is 0.263. The van der Waals surface area contributed by atoms with E-state index in [2.05, 4.69) is 18.6 Å². The van der Waals surface area contributed by atoms with Gasteiger partial charge in [0.15, 0.2) is 0 Å². The Morgan fingerprint density at radius 2 is 1.45 bits per heavy atom. The smallest absolute Gasteiger partial charge is 0.330 e. The van der Waals surface area contributed by atoms with E-state index in [-0.39, 0.29) is 5.97 Å². The Bertz CT molecular complexity index is 293. The minimum atomic E-state index is -0.457. The highest BCUT2D eigenvalue weighted by Gasteiger charge is 1.89. The average Bonchev–Trinajstić information content (AvgIpc) is 2.54. The van der Waals surface area contributed by atoms with Crippen LogP contribution in [0.5, 0.6) is 0 Å². The van der Waals surface area contributed by atoms with Gasteiger partial charge in [0.1, 0.15) is 0 Å². The highest BCUT2D eigenvalue weighted by Crippen LogP contribution is 1.99. The predicted octanol–water partition coefficient (Wildman–Crippen LogP) is 3.92. The van der Waals surface area contributed by atoms with E-state index in [1.165, 1.54) is 50.4 Å². The third kappa shape index (κ3) is 20.7. The van der Waals surface area contributed by atoms with Crippen molar-refractivity contribution in [1.82, 2.24) is 5.48 Å². The molecule has 0 aromatic carbocycles. The fourth-order valence-corrected chi connectivity index (χ4v) is 1.50. The number of ether oxygens (including phenoxy) is 1. The number of carbonyl (C=O) groups excluding carboxylic acids is 2. The van der Waals surface area contributed by atoms with Crippen LogP contribution in [0.4, 0.5) is 0 Å². The molecule has 0 fully saturated rings. The lowest BCUT2D eigenvalue weighted by Crippen LogP contribution is -2.14. The number of esters is 1. The third-order valence-corrected chi connectivity index (χ3v) is 2.78. The van der Waals surface area contributed by atoms with E-state index in [1.807, 2.05) is 6.08 Å². The summed E-state index contributed by atoms with van der Waals surface area (Å²) in [5.74, 6) is -0.719. The SMILES string of the molecule is CCCCC/C=C/C(=O)NO.CCCCC/C=C/C(=O)OC. The van der Waals surface area contributed by atoms with Crippen molar-refractivity contribution in [3.05, 3.63) is 24.3 Å². The third-order valence-electron chi connectivity index (χ3n) is 2.78. The fourth-order valence-electron chi connectivity index (χ4n) is 1.50. The second-order valence-electron chi connectivity index (χ2n) is 4.80. The number of allylic oxidation sites excluding steroid dienone is 2. The largest absolute Gasteiger partial charge is 0.466 e. The van der Waals surface area contributed by atoms with Crippen LogP contribution >= 0.6 is 0 Å². The first-order valence-corrected chi connectivity index (χ1v) is 7.97. The van der Waals surface area contributed by atoms with Gasteiger partial charge in [-0.3, -0.25) is 10.0 Å². The van der Waals surface area contributed by atoms with Crippen molar-refractivity contribution in [2.75, 3.05) is 7.11 Å². The number of hydrogen-bond donors (Lipinski definition) is 2. The maximum Gasteiger partial charge on any atom is 0.330 e. The molecule has 0 unspecified atom stereocenters. The zero-order chi connectivity index (χ0) is 17.1. The monoisotopic (exact) mass is 313 g/mol. The summed E-state index contributed by atoms with van der Waals surface area (Å²) in [7, 11) is 1.39. The van der Waals surface area contributed by atoms with Crippen LogP contribution in [0.3, 0.4) is 0 Å². The quantitative estimate of drug-likeness (QED) is 0.211. The molecule has 2 N–H and O–H groups in total. The van der Waals surface area contributed by atoms with Crippen LogP contribution in [0.15, 0.2) is 24.3 Å². The van der Waals surface area contributed by atoms with Gasteiger partial charge in [0.05, 0.1) is 7.11 Å². The fraction of sp³-hybridized carbons (Fsp3) is 0.647. The predicted molar refractivity (Wildman–Crippen MR) is 88.5 cm³/mol. The Balaban J connectivity index is 0. The lowest BCUT2D eigenvalue weighted by Gasteiger charge is -1.91. The molecule has 128 valence electrons. The van der Waals surface area contributed by atoms with Gasteiger partial charge >= 0.3 is 5.97 Å².